The van der Waals surface area contributed by atoms with Gasteiger partial charge in [-0.2, -0.15) is 0 Å². The van der Waals surface area contributed by atoms with Gasteiger partial charge in [-0.15, -0.1) is 4.91 Å². The summed E-state index contributed by atoms with van der Waals surface area (Å²) >= 11 is 0. The van der Waals surface area contributed by atoms with E-state index < -0.39 is 5.41 Å². The second kappa shape index (κ2) is 13.3. The molecule has 8 nitrogen and oxygen atoms in total. The highest BCUT2D eigenvalue weighted by Crippen LogP contribution is 2.31. The Bertz CT molecular complexity index is 759. The van der Waals surface area contributed by atoms with Gasteiger partial charge in [-0.3, -0.25) is 9.59 Å². The van der Waals surface area contributed by atoms with Crippen LogP contribution in [0.2, 0.25) is 0 Å². The molecule has 184 valence electrons. The van der Waals surface area contributed by atoms with Gasteiger partial charge in [0.25, 0.3) is 0 Å². The van der Waals surface area contributed by atoms with E-state index in [2.05, 4.69) is 36.0 Å². The van der Waals surface area contributed by atoms with Gasteiger partial charge in [0.1, 0.15) is 24.7 Å². The maximum atomic E-state index is 13.4. The first-order valence-corrected chi connectivity index (χ1v) is 11.9. The molecule has 2 rings (SSSR count). The summed E-state index contributed by atoms with van der Waals surface area (Å²) in [4.78, 5) is 42.4. The van der Waals surface area contributed by atoms with Crippen LogP contribution in [0.3, 0.4) is 0 Å². The minimum atomic E-state index is -1.09. The zero-order valence-electron chi connectivity index (χ0n) is 20.3. The number of esters is 2. The van der Waals surface area contributed by atoms with Crippen molar-refractivity contribution in [3.63, 3.8) is 0 Å². The quantitative estimate of drug-likeness (QED) is 0.184. The van der Waals surface area contributed by atoms with Crippen LogP contribution in [0.4, 0.5) is 0 Å². The minimum Gasteiger partial charge on any atom is -0.464 e. The van der Waals surface area contributed by atoms with Crippen LogP contribution >= 0.6 is 0 Å². The van der Waals surface area contributed by atoms with Crippen LogP contribution in [-0.2, 0) is 29.3 Å². The van der Waals surface area contributed by atoms with Crippen molar-refractivity contribution in [2.45, 2.75) is 89.3 Å². The van der Waals surface area contributed by atoms with Crippen LogP contribution in [0.5, 0.6) is 0 Å². The first-order chi connectivity index (χ1) is 15.8. The molecule has 0 N–H and O–H groups in total. The van der Waals surface area contributed by atoms with E-state index >= 15 is 0 Å². The molecule has 1 saturated heterocycles. The van der Waals surface area contributed by atoms with E-state index in [0.29, 0.717) is 24.9 Å². The van der Waals surface area contributed by atoms with Gasteiger partial charge >= 0.3 is 11.9 Å². The number of rotatable bonds is 13. The van der Waals surface area contributed by atoms with E-state index in [1.807, 2.05) is 30.3 Å². The molecule has 1 heterocycles. The summed E-state index contributed by atoms with van der Waals surface area (Å²) in [5, 5.41) is 2.34. The number of likely N-dealkylation sites (tertiary alicyclic amines) is 1. The Morgan fingerprint density at radius 2 is 1.88 bits per heavy atom. The predicted octanol–water partition coefficient (Wildman–Crippen LogP) is 4.55. The Morgan fingerprint density at radius 3 is 2.55 bits per heavy atom. The molecule has 1 aliphatic heterocycles. The number of hydrogen-bond donors (Lipinski definition) is 0. The molecule has 0 spiro atoms. The molecule has 0 radical (unpaired) electrons. The summed E-state index contributed by atoms with van der Waals surface area (Å²) in [6.45, 7) is 6.24. The van der Waals surface area contributed by atoms with Gasteiger partial charge in [0, 0.05) is 18.5 Å². The SMILES string of the molecule is CCC1CC(OC(=O)C(C)(COC(=O)CCCCCON=O)c2ccccc2)CC(C)N1C. The molecule has 4 unspecified atom stereocenters. The van der Waals surface area contributed by atoms with Crippen LogP contribution in [-0.4, -0.2) is 55.3 Å². The van der Waals surface area contributed by atoms with E-state index in [-0.39, 0.29) is 37.7 Å². The summed E-state index contributed by atoms with van der Waals surface area (Å²) in [6, 6.07) is 10.0. The van der Waals surface area contributed by atoms with E-state index in [0.717, 1.165) is 31.2 Å². The fourth-order valence-electron chi connectivity index (χ4n) is 4.32. The molecule has 8 heteroatoms. The summed E-state index contributed by atoms with van der Waals surface area (Å²) in [5.74, 6) is -0.727. The van der Waals surface area contributed by atoms with Gasteiger partial charge in [0.2, 0.25) is 0 Å². The van der Waals surface area contributed by atoms with Gasteiger partial charge in [0.15, 0.2) is 5.34 Å². The van der Waals surface area contributed by atoms with E-state index in [1.54, 1.807) is 6.92 Å². The zero-order valence-corrected chi connectivity index (χ0v) is 20.3. The molecule has 0 amide bonds. The second-order valence-corrected chi connectivity index (χ2v) is 9.15. The van der Waals surface area contributed by atoms with Gasteiger partial charge in [-0.25, -0.2) is 0 Å². The van der Waals surface area contributed by atoms with Crippen LogP contribution in [0, 0.1) is 4.91 Å². The largest absolute Gasteiger partial charge is 0.464 e. The van der Waals surface area contributed by atoms with Crippen LogP contribution < -0.4 is 0 Å². The average molecular weight is 463 g/mol. The Labute approximate surface area is 196 Å². The molecule has 1 aliphatic rings. The number of unbranched alkanes of at least 4 members (excludes halogenated alkanes) is 2. The third-order valence-corrected chi connectivity index (χ3v) is 6.71. The Kier molecular flexibility index (Phi) is 10.8. The van der Waals surface area contributed by atoms with Crippen molar-refractivity contribution in [3.8, 4) is 0 Å². The van der Waals surface area contributed by atoms with Gasteiger partial charge in [-0.05, 0) is 65.0 Å². The number of carbonyl (C=O) groups excluding carboxylic acids is 2. The maximum absolute atomic E-state index is 13.4. The smallest absolute Gasteiger partial charge is 0.320 e. The second-order valence-electron chi connectivity index (χ2n) is 9.15. The monoisotopic (exact) mass is 462 g/mol. The normalized spacial score (nSPS) is 22.7. The highest BCUT2D eigenvalue weighted by atomic mass is 16.7. The van der Waals surface area contributed by atoms with Crippen LogP contribution in [0.15, 0.2) is 35.7 Å². The van der Waals surface area contributed by atoms with Crippen molar-refractivity contribution in [1.82, 2.24) is 4.90 Å². The zero-order chi connectivity index (χ0) is 24.3. The lowest BCUT2D eigenvalue weighted by Gasteiger charge is -2.42. The summed E-state index contributed by atoms with van der Waals surface area (Å²) < 4.78 is 11.6. The van der Waals surface area contributed by atoms with Crippen molar-refractivity contribution in [2.75, 3.05) is 20.3 Å². The van der Waals surface area contributed by atoms with E-state index in [9.17, 15) is 14.5 Å². The van der Waals surface area contributed by atoms with E-state index in [1.165, 1.54) is 0 Å². The van der Waals surface area contributed by atoms with Crippen molar-refractivity contribution in [2.24, 2.45) is 5.34 Å². The number of piperidine rings is 1. The first kappa shape index (κ1) is 26.8. The molecule has 0 aliphatic carbocycles. The molecule has 1 fully saturated rings. The van der Waals surface area contributed by atoms with Gasteiger partial charge in [-0.1, -0.05) is 37.3 Å². The molecule has 0 aromatic heterocycles. The molecule has 0 bridgehead atoms. The highest BCUT2D eigenvalue weighted by Gasteiger charge is 2.41. The topological polar surface area (TPSA) is 94.5 Å². The Morgan fingerprint density at radius 1 is 1.15 bits per heavy atom. The molecule has 1 aromatic carbocycles. The van der Waals surface area contributed by atoms with Crippen molar-refractivity contribution in [1.29, 1.82) is 0 Å². The third-order valence-electron chi connectivity index (χ3n) is 6.71. The summed E-state index contributed by atoms with van der Waals surface area (Å²) in [5.41, 5.74) is -0.330. The molecule has 4 atom stereocenters. The molecule has 0 saturated carbocycles. The molecule has 1 aromatic rings. The Hall–Kier alpha value is -2.48. The van der Waals surface area contributed by atoms with Gasteiger partial charge < -0.3 is 19.2 Å². The lowest BCUT2D eigenvalue weighted by molar-refractivity contribution is -0.164. The van der Waals surface area contributed by atoms with Crippen LogP contribution in [0.1, 0.15) is 71.3 Å². The molecular weight excluding hydrogens is 424 g/mol. The highest BCUT2D eigenvalue weighted by molar-refractivity contribution is 5.83. The van der Waals surface area contributed by atoms with E-state index in [4.69, 9.17) is 9.47 Å². The predicted molar refractivity (Wildman–Crippen MR) is 125 cm³/mol. The fourth-order valence-corrected chi connectivity index (χ4v) is 4.32. The number of benzene rings is 1. The fraction of sp³-hybridized carbons (Fsp3) is 0.680. The Balaban J connectivity index is 1.99. The number of hydrogen-bond acceptors (Lipinski definition) is 8. The van der Waals surface area contributed by atoms with Crippen LogP contribution in [0.25, 0.3) is 0 Å². The number of nitrogens with zero attached hydrogens (tertiary/aromatic N) is 2. The van der Waals surface area contributed by atoms with Crippen molar-refractivity contribution < 1.29 is 23.9 Å². The van der Waals surface area contributed by atoms with Crippen molar-refractivity contribution in [3.05, 3.63) is 40.8 Å². The first-order valence-electron chi connectivity index (χ1n) is 11.9. The lowest BCUT2D eigenvalue weighted by Crippen LogP contribution is -2.49. The third kappa shape index (κ3) is 7.81. The van der Waals surface area contributed by atoms with Crippen molar-refractivity contribution >= 4 is 11.9 Å². The standard InChI is InChI=1S/C25H38N2O6/c1-5-21-17-22(16-19(2)27(21)4)33-24(29)25(3,20-12-8-6-9-13-20)18-31-23(28)14-10-7-11-15-32-26-30/h6,8-9,12-13,19,21-22H,5,7,10-11,14-18H2,1-4H3. The van der Waals surface area contributed by atoms with Gasteiger partial charge in [0.05, 0.1) is 0 Å². The summed E-state index contributed by atoms with van der Waals surface area (Å²) in [7, 11) is 2.12. The molecular formula is C25H38N2O6. The molecule has 33 heavy (non-hydrogen) atoms. The average Bonchev–Trinajstić information content (AvgIpc) is 2.82. The number of carbonyl (C=O) groups is 2. The number of ether oxygens (including phenoxy) is 2. The minimum absolute atomic E-state index is 0.0771. The lowest BCUT2D eigenvalue weighted by atomic mass is 9.83. The maximum Gasteiger partial charge on any atom is 0.320 e. The summed E-state index contributed by atoms with van der Waals surface area (Å²) in [6.07, 6.45) is 4.63.